The Morgan fingerprint density at radius 1 is 1.19 bits per heavy atom. The minimum Gasteiger partial charge on any atom is -0.453 e. The van der Waals surface area contributed by atoms with E-state index in [0.717, 1.165) is 0 Å². The number of rotatable bonds is 7. The van der Waals surface area contributed by atoms with Crippen LogP contribution in [0.15, 0.2) is 53.4 Å². The van der Waals surface area contributed by atoms with Gasteiger partial charge in [0.25, 0.3) is 0 Å². The van der Waals surface area contributed by atoms with Gasteiger partial charge in [0.1, 0.15) is 12.6 Å². The number of esters is 1. The molecule has 9 heteroatoms. The molecule has 1 atom stereocenters. The zero-order valence-electron chi connectivity index (χ0n) is 14.2. The highest BCUT2D eigenvalue weighted by molar-refractivity contribution is 7.89. The predicted octanol–water partition coefficient (Wildman–Crippen LogP) is 2.30. The third kappa shape index (κ3) is 5.37. The van der Waals surface area contributed by atoms with Crippen LogP contribution in [0.5, 0.6) is 0 Å². The summed E-state index contributed by atoms with van der Waals surface area (Å²) in [4.78, 5) is 23.8. The Balaban J connectivity index is 1.98. The molecule has 0 unspecified atom stereocenters. The van der Waals surface area contributed by atoms with Crippen molar-refractivity contribution in [2.75, 3.05) is 6.54 Å². The van der Waals surface area contributed by atoms with Gasteiger partial charge in [-0.2, -0.15) is 9.98 Å². The van der Waals surface area contributed by atoms with Crippen LogP contribution >= 0.6 is 11.6 Å². The molecular formula is C18H15ClN2O5S. The molecule has 0 aliphatic rings. The molecule has 0 spiro atoms. The molecule has 0 heterocycles. The zero-order chi connectivity index (χ0) is 20.0. The Hall–Kier alpha value is -2.73. The third-order valence-corrected chi connectivity index (χ3v) is 5.22. The highest BCUT2D eigenvalue weighted by Gasteiger charge is 2.22. The maximum absolute atomic E-state index is 12.2. The van der Waals surface area contributed by atoms with Gasteiger partial charge in [-0.25, -0.2) is 8.42 Å². The van der Waals surface area contributed by atoms with E-state index in [9.17, 15) is 18.0 Å². The quantitative estimate of drug-likeness (QED) is 0.557. The number of halogens is 1. The van der Waals surface area contributed by atoms with E-state index >= 15 is 0 Å². The second-order valence-corrected chi connectivity index (χ2v) is 7.61. The monoisotopic (exact) mass is 406 g/mol. The van der Waals surface area contributed by atoms with E-state index < -0.39 is 34.4 Å². The van der Waals surface area contributed by atoms with Gasteiger partial charge in [-0.15, -0.1) is 0 Å². The molecule has 2 aromatic rings. The fraction of sp³-hybridized carbons (Fsp3) is 0.167. The first kappa shape index (κ1) is 20.6. The lowest BCUT2D eigenvalue weighted by Crippen LogP contribution is -2.34. The van der Waals surface area contributed by atoms with Crippen molar-refractivity contribution in [1.82, 2.24) is 4.72 Å². The lowest BCUT2D eigenvalue weighted by Gasteiger charge is -2.13. The van der Waals surface area contributed by atoms with E-state index in [1.54, 1.807) is 6.07 Å². The number of Topliss-reactive ketones (excluding diaryl/α,β-unsaturated/α-hetero) is 1. The molecule has 1 N–H and O–H groups in total. The van der Waals surface area contributed by atoms with Crippen LogP contribution in [-0.4, -0.2) is 32.8 Å². The third-order valence-electron chi connectivity index (χ3n) is 3.51. The number of benzene rings is 2. The van der Waals surface area contributed by atoms with E-state index in [0.29, 0.717) is 10.6 Å². The Labute approximate surface area is 161 Å². The molecule has 2 aromatic carbocycles. The average molecular weight is 407 g/mol. The summed E-state index contributed by atoms with van der Waals surface area (Å²) in [6, 6.07) is 13.4. The largest absolute Gasteiger partial charge is 0.453 e. The highest BCUT2D eigenvalue weighted by Crippen LogP contribution is 2.14. The molecule has 0 saturated carbocycles. The Kier molecular flexibility index (Phi) is 6.69. The molecule has 0 saturated heterocycles. The van der Waals surface area contributed by atoms with Crippen LogP contribution in [0.2, 0.25) is 5.02 Å². The minimum atomic E-state index is -4.08. The molecule has 0 aliphatic heterocycles. The summed E-state index contributed by atoms with van der Waals surface area (Å²) < 4.78 is 31.5. The highest BCUT2D eigenvalue weighted by atomic mass is 35.5. The number of ether oxygens (including phenoxy) is 1. The van der Waals surface area contributed by atoms with Crippen LogP contribution in [0.4, 0.5) is 0 Å². The summed E-state index contributed by atoms with van der Waals surface area (Å²) in [7, 11) is -4.08. The molecule has 0 aliphatic carbocycles. The number of hydrogen-bond donors (Lipinski definition) is 1. The summed E-state index contributed by atoms with van der Waals surface area (Å²) in [5, 5.41) is 9.45. The number of carbonyl (C=O) groups excluding carboxylic acids is 2. The van der Waals surface area contributed by atoms with Crippen molar-refractivity contribution in [1.29, 1.82) is 5.26 Å². The molecular weight excluding hydrogens is 392 g/mol. The summed E-state index contributed by atoms with van der Waals surface area (Å²) in [5.41, 5.74) is 0.257. The zero-order valence-corrected chi connectivity index (χ0v) is 15.8. The van der Waals surface area contributed by atoms with E-state index in [1.165, 1.54) is 55.5 Å². The lowest BCUT2D eigenvalue weighted by molar-refractivity contribution is -0.144. The summed E-state index contributed by atoms with van der Waals surface area (Å²) in [5.74, 6) is -1.37. The van der Waals surface area contributed by atoms with Crippen molar-refractivity contribution >= 4 is 33.4 Å². The van der Waals surface area contributed by atoms with E-state index in [2.05, 4.69) is 4.72 Å². The molecule has 2 rings (SSSR count). The van der Waals surface area contributed by atoms with Crippen LogP contribution < -0.4 is 4.72 Å². The Morgan fingerprint density at radius 3 is 2.44 bits per heavy atom. The van der Waals surface area contributed by atoms with Gasteiger partial charge in [-0.05, 0) is 43.3 Å². The van der Waals surface area contributed by atoms with Crippen molar-refractivity contribution in [3.8, 4) is 6.07 Å². The van der Waals surface area contributed by atoms with Crippen molar-refractivity contribution < 1.29 is 22.7 Å². The molecule has 7 nitrogen and oxygen atoms in total. The van der Waals surface area contributed by atoms with E-state index in [1.807, 2.05) is 0 Å². The van der Waals surface area contributed by atoms with Gasteiger partial charge in [0.05, 0.1) is 10.5 Å². The van der Waals surface area contributed by atoms with Gasteiger partial charge in [0.15, 0.2) is 6.10 Å². The molecule has 27 heavy (non-hydrogen) atoms. The average Bonchev–Trinajstić information content (AvgIpc) is 2.66. The van der Waals surface area contributed by atoms with Crippen molar-refractivity contribution in [2.45, 2.75) is 17.9 Å². The van der Waals surface area contributed by atoms with Crippen LogP contribution in [0.1, 0.15) is 22.8 Å². The topological polar surface area (TPSA) is 113 Å². The van der Waals surface area contributed by atoms with Crippen molar-refractivity contribution in [3.63, 3.8) is 0 Å². The summed E-state index contributed by atoms with van der Waals surface area (Å²) in [6.07, 6.45) is -1.10. The van der Waals surface area contributed by atoms with Crippen LogP contribution in [0.3, 0.4) is 0 Å². The van der Waals surface area contributed by atoms with Gasteiger partial charge < -0.3 is 4.74 Å². The Morgan fingerprint density at radius 2 is 1.81 bits per heavy atom. The molecule has 140 valence electrons. The smallest absolute Gasteiger partial charge is 0.321 e. The number of carbonyl (C=O) groups is 2. The number of ketones is 1. The SMILES string of the molecule is C[C@H](OC(=O)CNS(=O)(=O)c1ccccc1C#N)C(=O)c1ccc(Cl)cc1. The van der Waals surface area contributed by atoms with Gasteiger partial charge in [0, 0.05) is 10.6 Å². The minimum absolute atomic E-state index is 0.0512. The normalized spacial score (nSPS) is 12.0. The number of nitriles is 1. The summed E-state index contributed by atoms with van der Waals surface area (Å²) >= 11 is 5.75. The number of hydrogen-bond acceptors (Lipinski definition) is 6. The predicted molar refractivity (Wildman–Crippen MR) is 97.7 cm³/mol. The lowest BCUT2D eigenvalue weighted by atomic mass is 10.1. The fourth-order valence-corrected chi connectivity index (χ4v) is 3.42. The molecule has 0 aromatic heterocycles. The number of sulfonamides is 1. The molecule has 0 fully saturated rings. The number of nitrogens with one attached hydrogen (secondary N) is 1. The van der Waals surface area contributed by atoms with Crippen LogP contribution in [0.25, 0.3) is 0 Å². The van der Waals surface area contributed by atoms with Crippen molar-refractivity contribution in [2.24, 2.45) is 0 Å². The molecule has 0 bridgehead atoms. The first-order valence-electron chi connectivity index (χ1n) is 7.72. The van der Waals surface area contributed by atoms with E-state index in [-0.39, 0.29) is 10.5 Å². The molecule has 0 radical (unpaired) electrons. The van der Waals surface area contributed by atoms with Crippen LogP contribution in [-0.2, 0) is 19.6 Å². The standard InChI is InChI=1S/C18H15ClN2O5S/c1-12(18(23)13-6-8-15(19)9-7-13)26-17(22)11-21-27(24,25)16-5-3-2-4-14(16)10-20/h2-9,12,21H,11H2,1H3/t12-/m0/s1. The molecule has 0 amide bonds. The Bertz CT molecular complexity index is 997. The first-order chi connectivity index (χ1) is 12.7. The maximum Gasteiger partial charge on any atom is 0.321 e. The summed E-state index contributed by atoms with van der Waals surface area (Å²) in [6.45, 7) is 0.703. The van der Waals surface area contributed by atoms with Gasteiger partial charge in [0.2, 0.25) is 15.8 Å². The van der Waals surface area contributed by atoms with Gasteiger partial charge in [-0.1, -0.05) is 23.7 Å². The van der Waals surface area contributed by atoms with E-state index in [4.69, 9.17) is 21.6 Å². The van der Waals surface area contributed by atoms with Gasteiger partial charge >= 0.3 is 5.97 Å². The first-order valence-corrected chi connectivity index (χ1v) is 9.59. The second-order valence-electron chi connectivity index (χ2n) is 5.44. The number of nitrogens with zero attached hydrogens (tertiary/aromatic N) is 1. The van der Waals surface area contributed by atoms with Crippen LogP contribution in [0, 0.1) is 11.3 Å². The second kappa shape index (κ2) is 8.77. The van der Waals surface area contributed by atoms with Crippen molar-refractivity contribution in [3.05, 3.63) is 64.7 Å². The maximum atomic E-state index is 12.2. The van der Waals surface area contributed by atoms with Gasteiger partial charge in [-0.3, -0.25) is 9.59 Å². The fourth-order valence-electron chi connectivity index (χ4n) is 2.17.